The average Bonchev–Trinajstić information content (AvgIpc) is 2.60. The fourth-order valence-corrected chi connectivity index (χ4v) is 1.78. The summed E-state index contributed by atoms with van der Waals surface area (Å²) >= 11 is 0. The van der Waals surface area contributed by atoms with Crippen LogP contribution in [0.15, 0.2) is 12.1 Å². The number of hydrogen-bond donors (Lipinski definition) is 0. The molecular weight excluding hydrogens is 208 g/mol. The number of fused-ring (bicyclic) bond motifs is 1. The van der Waals surface area contributed by atoms with Gasteiger partial charge in [0.1, 0.15) is 5.75 Å². The number of esters is 2. The first-order valence-electron chi connectivity index (χ1n) is 5.13. The molecule has 2 rings (SSSR count). The standard InChI is InChI=1S/C12H12O4/c1-3-15-12(14)8-4-5-10-9(7(8)2)6-11(13)16-10/h4-5H,3,6H2,1-2H3. The zero-order valence-electron chi connectivity index (χ0n) is 9.20. The van der Waals surface area contributed by atoms with Crippen LogP contribution in [-0.4, -0.2) is 18.5 Å². The van der Waals surface area contributed by atoms with Crippen molar-refractivity contribution >= 4 is 11.9 Å². The number of benzene rings is 1. The van der Waals surface area contributed by atoms with Gasteiger partial charge in [-0.2, -0.15) is 0 Å². The summed E-state index contributed by atoms with van der Waals surface area (Å²) < 4.78 is 9.92. The van der Waals surface area contributed by atoms with Gasteiger partial charge in [-0.1, -0.05) is 0 Å². The fourth-order valence-electron chi connectivity index (χ4n) is 1.78. The molecule has 1 aromatic carbocycles. The molecule has 0 saturated carbocycles. The van der Waals surface area contributed by atoms with Crippen molar-refractivity contribution in [3.05, 3.63) is 28.8 Å². The summed E-state index contributed by atoms with van der Waals surface area (Å²) in [6.07, 6.45) is 0.231. The van der Waals surface area contributed by atoms with E-state index in [4.69, 9.17) is 9.47 Å². The van der Waals surface area contributed by atoms with Crippen LogP contribution in [0.5, 0.6) is 5.75 Å². The monoisotopic (exact) mass is 220 g/mol. The van der Waals surface area contributed by atoms with Gasteiger partial charge in [-0.3, -0.25) is 4.79 Å². The second kappa shape index (κ2) is 3.96. The number of carbonyl (C=O) groups is 2. The molecule has 1 aliphatic heterocycles. The van der Waals surface area contributed by atoms with Gasteiger partial charge in [-0.05, 0) is 31.5 Å². The summed E-state index contributed by atoms with van der Waals surface area (Å²) in [4.78, 5) is 22.7. The highest BCUT2D eigenvalue weighted by Gasteiger charge is 2.25. The summed E-state index contributed by atoms with van der Waals surface area (Å²) in [5.41, 5.74) is 2.05. The molecule has 0 aliphatic carbocycles. The van der Waals surface area contributed by atoms with Crippen molar-refractivity contribution in [1.82, 2.24) is 0 Å². The van der Waals surface area contributed by atoms with Gasteiger partial charge in [0.05, 0.1) is 18.6 Å². The van der Waals surface area contributed by atoms with Gasteiger partial charge in [-0.15, -0.1) is 0 Å². The lowest BCUT2D eigenvalue weighted by molar-refractivity contribution is -0.131. The summed E-state index contributed by atoms with van der Waals surface area (Å²) in [6, 6.07) is 3.27. The number of carbonyl (C=O) groups excluding carboxylic acids is 2. The molecule has 0 fully saturated rings. The van der Waals surface area contributed by atoms with Crippen molar-refractivity contribution < 1.29 is 19.1 Å². The van der Waals surface area contributed by atoms with Crippen molar-refractivity contribution in [2.24, 2.45) is 0 Å². The molecule has 84 valence electrons. The topological polar surface area (TPSA) is 52.6 Å². The lowest BCUT2D eigenvalue weighted by atomic mass is 10.0. The van der Waals surface area contributed by atoms with Crippen molar-refractivity contribution in [1.29, 1.82) is 0 Å². The first kappa shape index (κ1) is 10.7. The second-order valence-corrected chi connectivity index (χ2v) is 3.59. The van der Waals surface area contributed by atoms with E-state index in [2.05, 4.69) is 0 Å². The van der Waals surface area contributed by atoms with Crippen LogP contribution in [0.1, 0.15) is 28.4 Å². The molecule has 0 atom stereocenters. The Morgan fingerprint density at radius 1 is 1.50 bits per heavy atom. The third-order valence-corrected chi connectivity index (χ3v) is 2.60. The molecule has 0 aromatic heterocycles. The van der Waals surface area contributed by atoms with Crippen LogP contribution in [0.4, 0.5) is 0 Å². The van der Waals surface area contributed by atoms with Crippen molar-refractivity contribution in [2.75, 3.05) is 6.61 Å². The summed E-state index contributed by atoms with van der Waals surface area (Å²) in [7, 11) is 0. The van der Waals surface area contributed by atoms with Crippen molar-refractivity contribution in [3.63, 3.8) is 0 Å². The van der Waals surface area contributed by atoms with Gasteiger partial charge in [0.2, 0.25) is 0 Å². The minimum absolute atomic E-state index is 0.231. The zero-order chi connectivity index (χ0) is 11.7. The van der Waals surface area contributed by atoms with Crippen LogP contribution < -0.4 is 4.74 Å². The third-order valence-electron chi connectivity index (χ3n) is 2.60. The van der Waals surface area contributed by atoms with E-state index >= 15 is 0 Å². The lowest BCUT2D eigenvalue weighted by Crippen LogP contribution is -2.07. The van der Waals surface area contributed by atoms with Gasteiger partial charge in [-0.25, -0.2) is 4.79 Å². The molecule has 16 heavy (non-hydrogen) atoms. The Kier molecular flexibility index (Phi) is 2.64. The van der Waals surface area contributed by atoms with E-state index in [0.29, 0.717) is 17.9 Å². The lowest BCUT2D eigenvalue weighted by Gasteiger charge is -2.08. The van der Waals surface area contributed by atoms with Gasteiger partial charge in [0.25, 0.3) is 0 Å². The third kappa shape index (κ3) is 1.66. The van der Waals surface area contributed by atoms with E-state index in [1.54, 1.807) is 26.0 Å². The predicted molar refractivity (Wildman–Crippen MR) is 56.5 cm³/mol. The predicted octanol–water partition coefficient (Wildman–Crippen LogP) is 1.63. The van der Waals surface area contributed by atoms with Crippen LogP contribution in [-0.2, 0) is 16.0 Å². The van der Waals surface area contributed by atoms with Gasteiger partial charge < -0.3 is 9.47 Å². The summed E-state index contributed by atoms with van der Waals surface area (Å²) in [5, 5.41) is 0. The van der Waals surface area contributed by atoms with Gasteiger partial charge in [0.15, 0.2) is 0 Å². The summed E-state index contributed by atoms with van der Waals surface area (Å²) in [5.74, 6) is -0.0863. The molecule has 0 amide bonds. The van der Waals surface area contributed by atoms with E-state index < -0.39 is 0 Å². The quantitative estimate of drug-likeness (QED) is 0.561. The minimum Gasteiger partial charge on any atom is -0.462 e. The fraction of sp³-hybridized carbons (Fsp3) is 0.333. The van der Waals surface area contributed by atoms with E-state index in [1.165, 1.54) is 0 Å². The Balaban J connectivity index is 2.40. The first-order chi connectivity index (χ1) is 7.63. The van der Waals surface area contributed by atoms with Crippen LogP contribution in [0.25, 0.3) is 0 Å². The molecule has 0 bridgehead atoms. The highest BCUT2D eigenvalue weighted by atomic mass is 16.5. The number of ether oxygens (including phenoxy) is 2. The summed E-state index contributed by atoms with van der Waals surface area (Å²) in [6.45, 7) is 3.89. The highest BCUT2D eigenvalue weighted by Crippen LogP contribution is 2.30. The smallest absolute Gasteiger partial charge is 0.338 e. The molecule has 1 heterocycles. The van der Waals surface area contributed by atoms with Crippen molar-refractivity contribution in [2.45, 2.75) is 20.3 Å². The number of hydrogen-bond acceptors (Lipinski definition) is 4. The Labute approximate surface area is 93.2 Å². The van der Waals surface area contributed by atoms with Crippen molar-refractivity contribution in [3.8, 4) is 5.75 Å². The molecular formula is C12H12O4. The Hall–Kier alpha value is -1.84. The van der Waals surface area contributed by atoms with Crippen LogP contribution in [0.2, 0.25) is 0 Å². The molecule has 0 unspecified atom stereocenters. The Morgan fingerprint density at radius 2 is 2.25 bits per heavy atom. The molecule has 4 nitrogen and oxygen atoms in total. The zero-order valence-corrected chi connectivity index (χ0v) is 9.20. The maximum atomic E-state index is 11.6. The first-order valence-corrected chi connectivity index (χ1v) is 5.13. The Bertz CT molecular complexity index is 462. The molecule has 0 spiro atoms. The van der Waals surface area contributed by atoms with Crippen LogP contribution >= 0.6 is 0 Å². The van der Waals surface area contributed by atoms with Gasteiger partial charge in [0, 0.05) is 5.56 Å². The highest BCUT2D eigenvalue weighted by molar-refractivity contribution is 5.93. The molecule has 1 aliphatic rings. The molecule has 0 N–H and O–H groups in total. The Morgan fingerprint density at radius 3 is 2.94 bits per heavy atom. The molecule has 0 radical (unpaired) electrons. The normalized spacial score (nSPS) is 13.2. The van der Waals surface area contributed by atoms with E-state index in [9.17, 15) is 9.59 Å². The molecule has 4 heteroatoms. The number of rotatable bonds is 2. The molecule has 1 aromatic rings. The SMILES string of the molecule is CCOC(=O)c1ccc2c(c1C)CC(=O)O2. The largest absolute Gasteiger partial charge is 0.462 e. The second-order valence-electron chi connectivity index (χ2n) is 3.59. The minimum atomic E-state index is -0.359. The maximum Gasteiger partial charge on any atom is 0.338 e. The van der Waals surface area contributed by atoms with Crippen LogP contribution in [0.3, 0.4) is 0 Å². The van der Waals surface area contributed by atoms with E-state index in [1.807, 2.05) is 0 Å². The van der Waals surface area contributed by atoms with Crippen LogP contribution in [0, 0.1) is 6.92 Å². The van der Waals surface area contributed by atoms with E-state index in [-0.39, 0.29) is 18.4 Å². The molecule has 0 saturated heterocycles. The van der Waals surface area contributed by atoms with Gasteiger partial charge >= 0.3 is 11.9 Å². The van der Waals surface area contributed by atoms with E-state index in [0.717, 1.165) is 11.1 Å². The maximum absolute atomic E-state index is 11.6. The average molecular weight is 220 g/mol.